The topological polar surface area (TPSA) is 106 Å². The van der Waals surface area contributed by atoms with Crippen LogP contribution in [0.3, 0.4) is 0 Å². The maximum absolute atomic E-state index is 13.0. The molecule has 1 aliphatic rings. The zero-order valence-corrected chi connectivity index (χ0v) is 18.6. The van der Waals surface area contributed by atoms with Gasteiger partial charge >= 0.3 is 5.97 Å². The van der Waals surface area contributed by atoms with E-state index in [4.69, 9.17) is 9.84 Å². The average molecular weight is 462 g/mol. The zero-order valence-electron chi connectivity index (χ0n) is 18.6. The number of amides is 1. The van der Waals surface area contributed by atoms with Crippen molar-refractivity contribution in [2.45, 2.75) is 58.4 Å². The van der Waals surface area contributed by atoms with Crippen LogP contribution in [0, 0.1) is 17.6 Å². The van der Waals surface area contributed by atoms with Gasteiger partial charge in [0.15, 0.2) is 5.78 Å². The second kappa shape index (κ2) is 12.6. The fraction of sp³-hybridized carbons (Fsp3) is 0.417. The lowest BCUT2D eigenvalue weighted by Crippen LogP contribution is -2.37. The summed E-state index contributed by atoms with van der Waals surface area (Å²) < 4.78 is 31.0. The number of carbonyl (C=O) groups is 3. The molecule has 2 aromatic rings. The van der Waals surface area contributed by atoms with Crippen molar-refractivity contribution >= 4 is 17.7 Å². The van der Waals surface area contributed by atoms with E-state index in [9.17, 15) is 23.2 Å². The first-order chi connectivity index (χ1) is 15.6. The molecular formula is C24H28F2N2O5. The van der Waals surface area contributed by atoms with Crippen LogP contribution in [0.4, 0.5) is 8.78 Å². The van der Waals surface area contributed by atoms with Crippen LogP contribution in [0.15, 0.2) is 36.5 Å². The zero-order chi connectivity index (χ0) is 24.4. The predicted octanol–water partition coefficient (Wildman–Crippen LogP) is 4.90. The molecular weight excluding hydrogens is 434 g/mol. The van der Waals surface area contributed by atoms with E-state index in [-0.39, 0.29) is 42.0 Å². The summed E-state index contributed by atoms with van der Waals surface area (Å²) in [5.74, 6) is -1.35. The quantitative estimate of drug-likeness (QED) is 0.567. The van der Waals surface area contributed by atoms with Crippen molar-refractivity contribution in [1.82, 2.24) is 10.3 Å². The molecule has 33 heavy (non-hydrogen) atoms. The molecule has 3 rings (SSSR count). The highest BCUT2D eigenvalue weighted by Crippen LogP contribution is 2.24. The molecule has 178 valence electrons. The van der Waals surface area contributed by atoms with Gasteiger partial charge in [0.05, 0.1) is 18.2 Å². The number of hydrogen-bond acceptors (Lipinski definition) is 5. The molecule has 1 saturated carbocycles. The number of nitrogens with one attached hydrogen (secondary N) is 1. The third kappa shape index (κ3) is 9.34. The first-order valence-electron chi connectivity index (χ1n) is 10.7. The second-order valence-electron chi connectivity index (χ2n) is 8.04. The number of benzene rings is 1. The third-order valence-electron chi connectivity index (χ3n) is 5.17. The summed E-state index contributed by atoms with van der Waals surface area (Å²) in [5, 5.41) is 11.3. The van der Waals surface area contributed by atoms with Gasteiger partial charge in [0, 0.05) is 12.5 Å². The normalized spacial score (nSPS) is 17.3. The standard InChI is InChI=1S/C13H9F2NO2.C11H19NO3/c1-8(17)12-6-10(15)7-16-13(12)18-11-4-2-9(14)3-5-11;1-8-2-4-9(5-3-8)12-10(13)6-7-11(14)15/h2-7H,1H3;8-9H,2-7H2,1H3,(H,12,13)(H,14,15). The number of carboxylic acids is 1. The SMILES string of the molecule is CC(=O)c1cc(F)cnc1Oc1ccc(F)cc1.CC1CCC(NC(=O)CCC(=O)O)CC1. The molecule has 0 radical (unpaired) electrons. The Bertz CT molecular complexity index is 958. The number of ketones is 1. The van der Waals surface area contributed by atoms with E-state index >= 15 is 0 Å². The van der Waals surface area contributed by atoms with E-state index < -0.39 is 17.6 Å². The molecule has 1 aromatic heterocycles. The van der Waals surface area contributed by atoms with E-state index in [0.717, 1.165) is 43.9 Å². The highest BCUT2D eigenvalue weighted by molar-refractivity contribution is 5.96. The van der Waals surface area contributed by atoms with Gasteiger partial charge in [-0.05, 0) is 68.9 Å². The van der Waals surface area contributed by atoms with E-state index in [1.807, 2.05) is 0 Å². The fourth-order valence-corrected chi connectivity index (χ4v) is 3.30. The largest absolute Gasteiger partial charge is 0.481 e. The molecule has 0 saturated heterocycles. The van der Waals surface area contributed by atoms with Crippen LogP contribution in [0.25, 0.3) is 0 Å². The molecule has 1 aliphatic carbocycles. The Morgan fingerprint density at radius 2 is 1.70 bits per heavy atom. The van der Waals surface area contributed by atoms with Gasteiger partial charge in [0.1, 0.15) is 17.4 Å². The molecule has 9 heteroatoms. The van der Waals surface area contributed by atoms with Crippen molar-refractivity contribution in [1.29, 1.82) is 0 Å². The minimum atomic E-state index is -0.914. The number of hydrogen-bond donors (Lipinski definition) is 2. The molecule has 7 nitrogen and oxygen atoms in total. The number of Topliss-reactive ketones (excluding diaryl/α,β-unsaturated/α-hetero) is 1. The minimum absolute atomic E-state index is 0.00416. The van der Waals surface area contributed by atoms with E-state index in [1.165, 1.54) is 31.2 Å². The van der Waals surface area contributed by atoms with Gasteiger partial charge in [-0.25, -0.2) is 13.8 Å². The first-order valence-corrected chi connectivity index (χ1v) is 10.7. The Hall–Kier alpha value is -3.36. The Morgan fingerprint density at radius 3 is 2.27 bits per heavy atom. The number of aliphatic carboxylic acids is 1. The Morgan fingerprint density at radius 1 is 1.06 bits per heavy atom. The molecule has 0 spiro atoms. The van der Waals surface area contributed by atoms with Crippen LogP contribution in [0.2, 0.25) is 0 Å². The molecule has 1 fully saturated rings. The van der Waals surface area contributed by atoms with Crippen LogP contribution in [0.1, 0.15) is 62.7 Å². The van der Waals surface area contributed by atoms with E-state index in [1.54, 1.807) is 0 Å². The number of carbonyl (C=O) groups excluding carboxylic acids is 2. The number of halogens is 2. The summed E-state index contributed by atoms with van der Waals surface area (Å²) in [5.41, 5.74) is 0.0410. The maximum Gasteiger partial charge on any atom is 0.303 e. The maximum atomic E-state index is 13.0. The van der Waals surface area contributed by atoms with Crippen molar-refractivity contribution in [2.24, 2.45) is 5.92 Å². The summed E-state index contributed by atoms with van der Waals surface area (Å²) >= 11 is 0. The summed E-state index contributed by atoms with van der Waals surface area (Å²) in [7, 11) is 0. The summed E-state index contributed by atoms with van der Waals surface area (Å²) in [6.45, 7) is 3.51. The number of rotatable bonds is 7. The lowest BCUT2D eigenvalue weighted by Gasteiger charge is -2.26. The Balaban J connectivity index is 0.000000238. The van der Waals surface area contributed by atoms with Gasteiger partial charge in [0.25, 0.3) is 0 Å². The van der Waals surface area contributed by atoms with Gasteiger partial charge in [-0.3, -0.25) is 14.4 Å². The molecule has 0 atom stereocenters. The number of aromatic nitrogens is 1. The smallest absolute Gasteiger partial charge is 0.303 e. The van der Waals surface area contributed by atoms with Crippen LogP contribution in [0.5, 0.6) is 11.6 Å². The lowest BCUT2D eigenvalue weighted by atomic mass is 9.87. The summed E-state index contributed by atoms with van der Waals surface area (Å²) in [6, 6.07) is 6.53. The molecule has 1 amide bonds. The van der Waals surface area contributed by atoms with Gasteiger partial charge in [-0.15, -0.1) is 0 Å². The molecule has 0 unspecified atom stereocenters. The first kappa shape index (κ1) is 25.9. The van der Waals surface area contributed by atoms with Crippen molar-refractivity contribution < 1.29 is 33.0 Å². The van der Waals surface area contributed by atoms with E-state index in [0.29, 0.717) is 5.75 Å². The number of carboxylic acid groups (broad SMARTS) is 1. The van der Waals surface area contributed by atoms with Crippen molar-refractivity contribution in [3.8, 4) is 11.6 Å². The highest BCUT2D eigenvalue weighted by atomic mass is 19.1. The predicted molar refractivity (Wildman–Crippen MR) is 117 cm³/mol. The van der Waals surface area contributed by atoms with Crippen LogP contribution < -0.4 is 10.1 Å². The highest BCUT2D eigenvalue weighted by Gasteiger charge is 2.19. The van der Waals surface area contributed by atoms with Crippen LogP contribution in [-0.4, -0.2) is 33.8 Å². The van der Waals surface area contributed by atoms with Gasteiger partial charge in [0.2, 0.25) is 11.8 Å². The molecule has 1 heterocycles. The van der Waals surface area contributed by atoms with Crippen LogP contribution in [-0.2, 0) is 9.59 Å². The molecule has 1 aromatic carbocycles. The number of ether oxygens (including phenoxy) is 1. The Kier molecular flexibility index (Phi) is 9.90. The molecule has 2 N–H and O–H groups in total. The summed E-state index contributed by atoms with van der Waals surface area (Å²) in [6.07, 6.45) is 5.34. The average Bonchev–Trinajstić information content (AvgIpc) is 2.77. The lowest BCUT2D eigenvalue weighted by molar-refractivity contribution is -0.139. The Labute approximate surface area is 191 Å². The fourth-order valence-electron chi connectivity index (χ4n) is 3.30. The number of nitrogens with zero attached hydrogens (tertiary/aromatic N) is 1. The van der Waals surface area contributed by atoms with Gasteiger partial charge < -0.3 is 15.2 Å². The second-order valence-corrected chi connectivity index (χ2v) is 8.04. The minimum Gasteiger partial charge on any atom is -0.481 e. The molecule has 0 bridgehead atoms. The van der Waals surface area contributed by atoms with Crippen LogP contribution >= 0.6 is 0 Å². The van der Waals surface area contributed by atoms with Crippen molar-refractivity contribution in [3.63, 3.8) is 0 Å². The summed E-state index contributed by atoms with van der Waals surface area (Å²) in [4.78, 5) is 36.6. The monoisotopic (exact) mass is 462 g/mol. The third-order valence-corrected chi connectivity index (χ3v) is 5.17. The molecule has 0 aliphatic heterocycles. The van der Waals surface area contributed by atoms with Crippen molar-refractivity contribution in [2.75, 3.05) is 0 Å². The number of pyridine rings is 1. The van der Waals surface area contributed by atoms with Gasteiger partial charge in [-0.1, -0.05) is 6.92 Å². The van der Waals surface area contributed by atoms with Gasteiger partial charge in [-0.2, -0.15) is 0 Å². The van der Waals surface area contributed by atoms with E-state index in [2.05, 4.69) is 17.2 Å². The van der Waals surface area contributed by atoms with Crippen molar-refractivity contribution in [3.05, 3.63) is 53.7 Å².